The monoisotopic (exact) mass is 237 g/mol. The predicted molar refractivity (Wildman–Crippen MR) is 71.3 cm³/mol. The van der Waals surface area contributed by atoms with E-state index in [1.165, 1.54) is 0 Å². The molecule has 0 radical (unpaired) electrons. The Morgan fingerprint density at radius 1 is 1.47 bits per heavy atom. The van der Waals surface area contributed by atoms with Gasteiger partial charge in [0.15, 0.2) is 0 Å². The van der Waals surface area contributed by atoms with E-state index in [9.17, 15) is 0 Å². The number of aromatic nitrogens is 1. The minimum Gasteiger partial charge on any atom is -0.394 e. The zero-order valence-electron chi connectivity index (χ0n) is 11.1. The topological polar surface area (TPSA) is 48.4 Å². The standard InChI is InChI=1S/C13H23N3O/c1-5-12(14-3)13-7-6-11(8-15-13)16(4)10(2)9-17/h6-8,10,12,14,17H,5,9H2,1-4H3. The highest BCUT2D eigenvalue weighted by molar-refractivity contribution is 5.44. The summed E-state index contributed by atoms with van der Waals surface area (Å²) in [6.07, 6.45) is 2.88. The van der Waals surface area contributed by atoms with Gasteiger partial charge in [-0.05, 0) is 32.5 Å². The maximum Gasteiger partial charge on any atom is 0.0632 e. The summed E-state index contributed by atoms with van der Waals surface area (Å²) in [4.78, 5) is 6.50. The molecule has 0 saturated heterocycles. The van der Waals surface area contributed by atoms with Gasteiger partial charge in [0.25, 0.3) is 0 Å². The third-order valence-corrected chi connectivity index (χ3v) is 3.22. The van der Waals surface area contributed by atoms with Gasteiger partial charge in [-0.3, -0.25) is 4.98 Å². The third-order valence-electron chi connectivity index (χ3n) is 3.22. The molecule has 1 heterocycles. The first kappa shape index (κ1) is 13.9. The zero-order valence-corrected chi connectivity index (χ0v) is 11.1. The number of hydrogen-bond acceptors (Lipinski definition) is 4. The normalized spacial score (nSPS) is 14.4. The minimum atomic E-state index is 0.105. The molecule has 2 atom stereocenters. The number of pyridine rings is 1. The summed E-state index contributed by atoms with van der Waals surface area (Å²) in [7, 11) is 3.91. The summed E-state index contributed by atoms with van der Waals surface area (Å²) < 4.78 is 0. The first-order chi connectivity index (χ1) is 8.13. The van der Waals surface area contributed by atoms with E-state index in [0.717, 1.165) is 17.8 Å². The number of hydrogen-bond donors (Lipinski definition) is 2. The Hall–Kier alpha value is -1.13. The van der Waals surface area contributed by atoms with Crippen LogP contribution in [0.15, 0.2) is 18.3 Å². The van der Waals surface area contributed by atoms with Gasteiger partial charge in [-0.25, -0.2) is 0 Å². The van der Waals surface area contributed by atoms with Crippen LogP contribution in [0.4, 0.5) is 5.69 Å². The molecule has 2 unspecified atom stereocenters. The maximum absolute atomic E-state index is 9.11. The average molecular weight is 237 g/mol. The molecule has 2 N–H and O–H groups in total. The Balaban J connectivity index is 2.80. The first-order valence-electron chi connectivity index (χ1n) is 6.10. The highest BCUT2D eigenvalue weighted by Gasteiger charge is 2.11. The van der Waals surface area contributed by atoms with Gasteiger partial charge in [-0.1, -0.05) is 6.92 Å². The van der Waals surface area contributed by atoms with Crippen molar-refractivity contribution in [1.29, 1.82) is 0 Å². The fraction of sp³-hybridized carbons (Fsp3) is 0.615. The molecule has 0 amide bonds. The van der Waals surface area contributed by atoms with Crippen LogP contribution < -0.4 is 10.2 Å². The molecule has 0 saturated carbocycles. The van der Waals surface area contributed by atoms with Crippen LogP contribution >= 0.6 is 0 Å². The van der Waals surface area contributed by atoms with Crippen molar-refractivity contribution in [2.24, 2.45) is 0 Å². The van der Waals surface area contributed by atoms with Gasteiger partial charge < -0.3 is 15.3 Å². The molecule has 0 aliphatic rings. The van der Waals surface area contributed by atoms with E-state index in [1.807, 2.05) is 38.2 Å². The van der Waals surface area contributed by atoms with Crippen molar-refractivity contribution >= 4 is 5.69 Å². The number of nitrogens with one attached hydrogen (secondary N) is 1. The molecular formula is C13H23N3O. The lowest BCUT2D eigenvalue weighted by Gasteiger charge is -2.25. The number of rotatable bonds is 6. The largest absolute Gasteiger partial charge is 0.394 e. The van der Waals surface area contributed by atoms with E-state index in [1.54, 1.807) is 0 Å². The van der Waals surface area contributed by atoms with Crippen LogP contribution in [0, 0.1) is 0 Å². The minimum absolute atomic E-state index is 0.105. The summed E-state index contributed by atoms with van der Waals surface area (Å²) in [5, 5.41) is 12.3. The fourth-order valence-corrected chi connectivity index (χ4v) is 1.75. The van der Waals surface area contributed by atoms with Gasteiger partial charge in [0, 0.05) is 19.1 Å². The lowest BCUT2D eigenvalue weighted by molar-refractivity contribution is 0.270. The van der Waals surface area contributed by atoms with Gasteiger partial charge in [0.1, 0.15) is 0 Å². The summed E-state index contributed by atoms with van der Waals surface area (Å²) in [6.45, 7) is 4.26. The van der Waals surface area contributed by atoms with Crippen LogP contribution in [0.3, 0.4) is 0 Å². The quantitative estimate of drug-likeness (QED) is 0.788. The van der Waals surface area contributed by atoms with Crippen LogP contribution in [-0.2, 0) is 0 Å². The molecule has 4 nitrogen and oxygen atoms in total. The summed E-state index contributed by atoms with van der Waals surface area (Å²) >= 11 is 0. The van der Waals surface area contributed by atoms with E-state index in [4.69, 9.17) is 5.11 Å². The maximum atomic E-state index is 9.11. The molecule has 0 bridgehead atoms. The molecular weight excluding hydrogens is 214 g/mol. The lowest BCUT2D eigenvalue weighted by Crippen LogP contribution is -2.31. The molecule has 0 aliphatic heterocycles. The Morgan fingerprint density at radius 2 is 2.18 bits per heavy atom. The highest BCUT2D eigenvalue weighted by Crippen LogP contribution is 2.18. The van der Waals surface area contributed by atoms with Gasteiger partial charge in [0.05, 0.1) is 24.2 Å². The summed E-state index contributed by atoms with van der Waals surface area (Å²) in [5.41, 5.74) is 2.09. The van der Waals surface area contributed by atoms with Gasteiger partial charge >= 0.3 is 0 Å². The Labute approximate surface area is 104 Å². The molecule has 0 aliphatic carbocycles. The number of nitrogens with zero attached hydrogens (tertiary/aromatic N) is 2. The smallest absolute Gasteiger partial charge is 0.0632 e. The van der Waals surface area contributed by atoms with E-state index < -0.39 is 0 Å². The molecule has 0 aromatic carbocycles. The van der Waals surface area contributed by atoms with Crippen LogP contribution in [0.2, 0.25) is 0 Å². The SMILES string of the molecule is CCC(NC)c1ccc(N(C)C(C)CO)cn1. The first-order valence-corrected chi connectivity index (χ1v) is 6.10. The van der Waals surface area contributed by atoms with E-state index in [2.05, 4.69) is 23.3 Å². The number of anilines is 1. The van der Waals surface area contributed by atoms with Crippen molar-refractivity contribution in [2.45, 2.75) is 32.4 Å². The predicted octanol–water partition coefficient (Wildman–Crippen LogP) is 1.57. The third kappa shape index (κ3) is 3.41. The van der Waals surface area contributed by atoms with Crippen molar-refractivity contribution < 1.29 is 5.11 Å². The van der Waals surface area contributed by atoms with E-state index in [-0.39, 0.29) is 12.6 Å². The van der Waals surface area contributed by atoms with Crippen LogP contribution in [-0.4, -0.2) is 36.8 Å². The van der Waals surface area contributed by atoms with E-state index in [0.29, 0.717) is 6.04 Å². The summed E-state index contributed by atoms with van der Waals surface area (Å²) in [5.74, 6) is 0. The second-order valence-electron chi connectivity index (χ2n) is 4.33. The Morgan fingerprint density at radius 3 is 2.59 bits per heavy atom. The van der Waals surface area contributed by atoms with Crippen LogP contribution in [0.5, 0.6) is 0 Å². The Kier molecular flexibility index (Phi) is 5.38. The molecule has 1 rings (SSSR count). The highest BCUT2D eigenvalue weighted by atomic mass is 16.3. The Bertz CT molecular complexity index is 322. The molecule has 4 heteroatoms. The van der Waals surface area contributed by atoms with E-state index >= 15 is 0 Å². The van der Waals surface area contributed by atoms with Crippen LogP contribution in [0.25, 0.3) is 0 Å². The van der Waals surface area contributed by atoms with Gasteiger partial charge in [-0.2, -0.15) is 0 Å². The fourth-order valence-electron chi connectivity index (χ4n) is 1.75. The number of aliphatic hydroxyl groups is 1. The molecule has 1 aromatic heterocycles. The molecule has 1 aromatic rings. The van der Waals surface area contributed by atoms with Gasteiger partial charge in [0.2, 0.25) is 0 Å². The zero-order chi connectivity index (χ0) is 12.8. The number of aliphatic hydroxyl groups excluding tert-OH is 1. The molecule has 0 spiro atoms. The summed E-state index contributed by atoms with van der Waals surface area (Å²) in [6, 6.07) is 4.51. The van der Waals surface area contributed by atoms with Crippen molar-refractivity contribution in [3.63, 3.8) is 0 Å². The molecule has 0 fully saturated rings. The second-order valence-corrected chi connectivity index (χ2v) is 4.33. The van der Waals surface area contributed by atoms with Gasteiger partial charge in [-0.15, -0.1) is 0 Å². The van der Waals surface area contributed by atoms with Crippen molar-refractivity contribution in [3.8, 4) is 0 Å². The molecule has 96 valence electrons. The molecule has 17 heavy (non-hydrogen) atoms. The van der Waals surface area contributed by atoms with Crippen molar-refractivity contribution in [3.05, 3.63) is 24.0 Å². The average Bonchev–Trinajstić information content (AvgIpc) is 2.39. The van der Waals surface area contributed by atoms with Crippen molar-refractivity contribution in [1.82, 2.24) is 10.3 Å². The lowest BCUT2D eigenvalue weighted by atomic mass is 10.1. The number of likely N-dealkylation sites (N-methyl/N-ethyl adjacent to an activating group) is 1. The van der Waals surface area contributed by atoms with Crippen LogP contribution in [0.1, 0.15) is 32.0 Å². The second kappa shape index (κ2) is 6.57. The van der Waals surface area contributed by atoms with Crippen molar-refractivity contribution in [2.75, 3.05) is 25.6 Å².